The van der Waals surface area contributed by atoms with E-state index in [0.29, 0.717) is 12.8 Å². The molecule has 0 bridgehead atoms. The van der Waals surface area contributed by atoms with Crippen molar-refractivity contribution in [2.45, 2.75) is 30.7 Å². The Hall–Kier alpha value is -3.43. The molecule has 196 valence electrons. The minimum absolute atomic E-state index is 0.0274. The van der Waals surface area contributed by atoms with E-state index in [1.165, 1.54) is 30.1 Å². The number of benzene rings is 3. The van der Waals surface area contributed by atoms with Crippen LogP contribution in [-0.4, -0.2) is 51.3 Å². The second-order valence-electron chi connectivity index (χ2n) is 8.28. The Morgan fingerprint density at radius 1 is 1.00 bits per heavy atom. The Morgan fingerprint density at radius 3 is 2.19 bits per heavy atom. The van der Waals surface area contributed by atoms with Crippen LogP contribution < -0.4 is 9.62 Å². The van der Waals surface area contributed by atoms with Crippen LogP contribution in [0, 0.1) is 5.82 Å². The Balaban J connectivity index is 2.01. The molecule has 0 radical (unpaired) electrons. The SMILES string of the molecule is CC[C@@H](C(=O)NC)N(CCc1ccccc1)C(=O)CN(c1ccc(F)c(Cl)c1)S(=O)(=O)c1ccccc1. The molecule has 7 nitrogen and oxygen atoms in total. The van der Waals surface area contributed by atoms with Crippen LogP contribution in [0.1, 0.15) is 18.9 Å². The number of carbonyl (C=O) groups excluding carboxylic acids is 2. The molecule has 0 heterocycles. The zero-order valence-electron chi connectivity index (χ0n) is 20.6. The van der Waals surface area contributed by atoms with Gasteiger partial charge in [-0.1, -0.05) is 67.1 Å². The van der Waals surface area contributed by atoms with Gasteiger partial charge in [0.05, 0.1) is 15.6 Å². The molecule has 0 saturated heterocycles. The molecule has 0 spiro atoms. The molecule has 0 aliphatic heterocycles. The van der Waals surface area contributed by atoms with Crippen molar-refractivity contribution in [3.05, 3.63) is 95.3 Å². The zero-order chi connectivity index (χ0) is 27.0. The van der Waals surface area contributed by atoms with E-state index in [0.717, 1.165) is 22.0 Å². The third-order valence-electron chi connectivity index (χ3n) is 5.92. The van der Waals surface area contributed by atoms with Gasteiger partial charge in [0.1, 0.15) is 18.4 Å². The predicted octanol–water partition coefficient (Wildman–Crippen LogP) is 4.27. The number of nitrogens with zero attached hydrogens (tertiary/aromatic N) is 2. The minimum atomic E-state index is -4.23. The fraction of sp³-hybridized carbons (Fsp3) is 0.259. The van der Waals surface area contributed by atoms with E-state index in [1.54, 1.807) is 25.1 Å². The first-order valence-corrected chi connectivity index (χ1v) is 13.6. The lowest BCUT2D eigenvalue weighted by Gasteiger charge is -2.33. The number of hydrogen-bond donors (Lipinski definition) is 1. The molecule has 10 heteroatoms. The molecule has 1 atom stereocenters. The first-order valence-electron chi connectivity index (χ1n) is 11.8. The fourth-order valence-corrected chi connectivity index (χ4v) is 5.55. The molecule has 37 heavy (non-hydrogen) atoms. The van der Waals surface area contributed by atoms with Gasteiger partial charge in [0, 0.05) is 13.6 Å². The highest BCUT2D eigenvalue weighted by molar-refractivity contribution is 7.92. The predicted molar refractivity (Wildman–Crippen MR) is 142 cm³/mol. The molecule has 0 saturated carbocycles. The summed E-state index contributed by atoms with van der Waals surface area (Å²) in [6, 6.07) is 19.7. The molecule has 0 aliphatic carbocycles. The lowest BCUT2D eigenvalue weighted by Crippen LogP contribution is -2.52. The molecular formula is C27H29ClFN3O4S. The normalized spacial score (nSPS) is 12.0. The van der Waals surface area contributed by atoms with Crippen molar-refractivity contribution in [1.82, 2.24) is 10.2 Å². The Bertz CT molecular complexity index is 1320. The van der Waals surface area contributed by atoms with Gasteiger partial charge in [0.15, 0.2) is 0 Å². The van der Waals surface area contributed by atoms with Gasteiger partial charge in [-0.2, -0.15) is 0 Å². The Morgan fingerprint density at radius 2 is 1.62 bits per heavy atom. The zero-order valence-corrected chi connectivity index (χ0v) is 22.2. The molecule has 3 rings (SSSR count). The van der Waals surface area contributed by atoms with E-state index in [4.69, 9.17) is 11.6 Å². The quantitative estimate of drug-likeness (QED) is 0.390. The average molecular weight is 546 g/mol. The van der Waals surface area contributed by atoms with Crippen LogP contribution in [-0.2, 0) is 26.0 Å². The summed E-state index contributed by atoms with van der Waals surface area (Å²) in [6.45, 7) is 1.36. The monoisotopic (exact) mass is 545 g/mol. The molecule has 3 aromatic carbocycles. The summed E-state index contributed by atoms with van der Waals surface area (Å²) in [7, 11) is -2.75. The van der Waals surface area contributed by atoms with Gasteiger partial charge in [-0.3, -0.25) is 13.9 Å². The van der Waals surface area contributed by atoms with Crippen LogP contribution in [0.5, 0.6) is 0 Å². The smallest absolute Gasteiger partial charge is 0.264 e. The fourth-order valence-electron chi connectivity index (χ4n) is 3.95. The Labute approximate surface area is 221 Å². The molecule has 0 aromatic heterocycles. The maximum absolute atomic E-state index is 13.9. The molecule has 0 fully saturated rings. The summed E-state index contributed by atoms with van der Waals surface area (Å²) in [5.41, 5.74) is 0.991. The summed E-state index contributed by atoms with van der Waals surface area (Å²) in [5, 5.41) is 2.30. The minimum Gasteiger partial charge on any atom is -0.357 e. The largest absolute Gasteiger partial charge is 0.357 e. The second-order valence-corrected chi connectivity index (χ2v) is 10.6. The van der Waals surface area contributed by atoms with E-state index in [1.807, 2.05) is 30.3 Å². The van der Waals surface area contributed by atoms with Crippen LogP contribution >= 0.6 is 11.6 Å². The number of likely N-dealkylation sites (N-methyl/N-ethyl adjacent to an activating group) is 1. The summed E-state index contributed by atoms with van der Waals surface area (Å²) < 4.78 is 42.1. The standard InChI is InChI=1S/C27H29ClFN3O4S/c1-3-25(27(34)30-2)31(17-16-20-10-6-4-7-11-20)26(33)19-32(21-14-15-24(29)23(28)18-21)37(35,36)22-12-8-5-9-13-22/h4-15,18,25H,3,16-17,19H2,1-2H3,(H,30,34)/t25-/m0/s1. The van der Waals surface area contributed by atoms with E-state index in [9.17, 15) is 22.4 Å². The van der Waals surface area contributed by atoms with Gasteiger partial charge in [-0.05, 0) is 48.7 Å². The summed E-state index contributed by atoms with van der Waals surface area (Å²) >= 11 is 5.96. The highest BCUT2D eigenvalue weighted by Crippen LogP contribution is 2.28. The number of rotatable bonds is 11. The number of anilines is 1. The van der Waals surface area contributed by atoms with Crippen molar-refractivity contribution < 1.29 is 22.4 Å². The van der Waals surface area contributed by atoms with Crippen molar-refractivity contribution >= 4 is 39.1 Å². The van der Waals surface area contributed by atoms with E-state index >= 15 is 0 Å². The van der Waals surface area contributed by atoms with Crippen molar-refractivity contribution in [3.8, 4) is 0 Å². The summed E-state index contributed by atoms with van der Waals surface area (Å²) in [5.74, 6) is -1.65. The maximum Gasteiger partial charge on any atom is 0.264 e. The van der Waals surface area contributed by atoms with Crippen LogP contribution in [0.25, 0.3) is 0 Å². The number of amides is 2. The van der Waals surface area contributed by atoms with Crippen molar-refractivity contribution in [1.29, 1.82) is 0 Å². The van der Waals surface area contributed by atoms with Gasteiger partial charge >= 0.3 is 0 Å². The molecule has 0 aliphatic rings. The van der Waals surface area contributed by atoms with Gasteiger partial charge < -0.3 is 10.2 Å². The number of hydrogen-bond acceptors (Lipinski definition) is 4. The highest BCUT2D eigenvalue weighted by Gasteiger charge is 2.33. The Kier molecular flexibility index (Phi) is 9.66. The third-order valence-corrected chi connectivity index (χ3v) is 8.00. The van der Waals surface area contributed by atoms with E-state index in [-0.39, 0.29) is 28.1 Å². The molecule has 3 aromatic rings. The van der Waals surface area contributed by atoms with Crippen LogP contribution in [0.2, 0.25) is 5.02 Å². The first kappa shape index (κ1) is 28.1. The lowest BCUT2D eigenvalue weighted by molar-refractivity contribution is -0.139. The molecule has 0 unspecified atom stereocenters. The number of sulfonamides is 1. The summed E-state index contributed by atoms with van der Waals surface area (Å²) in [6.07, 6.45) is 0.794. The number of halogens is 2. The molecule has 1 N–H and O–H groups in total. The number of carbonyl (C=O) groups is 2. The third kappa shape index (κ3) is 6.87. The summed E-state index contributed by atoms with van der Waals surface area (Å²) in [4.78, 5) is 27.7. The van der Waals surface area contributed by atoms with Gasteiger partial charge in [-0.15, -0.1) is 0 Å². The van der Waals surface area contributed by atoms with E-state index in [2.05, 4.69) is 5.32 Å². The van der Waals surface area contributed by atoms with Crippen molar-refractivity contribution in [3.63, 3.8) is 0 Å². The molecule has 2 amide bonds. The lowest BCUT2D eigenvalue weighted by atomic mass is 10.1. The number of nitrogens with one attached hydrogen (secondary N) is 1. The molecular weight excluding hydrogens is 517 g/mol. The van der Waals surface area contributed by atoms with Crippen LogP contribution in [0.15, 0.2) is 83.8 Å². The van der Waals surface area contributed by atoms with Crippen molar-refractivity contribution in [2.75, 3.05) is 24.4 Å². The van der Waals surface area contributed by atoms with Crippen LogP contribution in [0.4, 0.5) is 10.1 Å². The average Bonchev–Trinajstić information content (AvgIpc) is 2.91. The van der Waals surface area contributed by atoms with Gasteiger partial charge in [-0.25, -0.2) is 12.8 Å². The van der Waals surface area contributed by atoms with E-state index < -0.39 is 34.3 Å². The van der Waals surface area contributed by atoms with Crippen molar-refractivity contribution in [2.24, 2.45) is 0 Å². The topological polar surface area (TPSA) is 86.8 Å². The first-order chi connectivity index (χ1) is 17.7. The second kappa shape index (κ2) is 12.7. The van der Waals surface area contributed by atoms with Gasteiger partial charge in [0.2, 0.25) is 11.8 Å². The van der Waals surface area contributed by atoms with Gasteiger partial charge in [0.25, 0.3) is 10.0 Å². The highest BCUT2D eigenvalue weighted by atomic mass is 35.5. The maximum atomic E-state index is 13.9. The van der Waals surface area contributed by atoms with Crippen LogP contribution in [0.3, 0.4) is 0 Å².